The van der Waals surface area contributed by atoms with E-state index >= 15 is 0 Å². The molecule has 1 unspecified atom stereocenters. The minimum atomic E-state index is -3.37. The zero-order valence-corrected chi connectivity index (χ0v) is 13.7. The average Bonchev–Trinajstić information content (AvgIpc) is 2.26. The first-order chi connectivity index (χ1) is 9.02. The van der Waals surface area contributed by atoms with Crippen LogP contribution in [0.25, 0.3) is 0 Å². The number of hydrogen-bond donors (Lipinski definition) is 1. The van der Waals surface area contributed by atoms with Crippen LogP contribution >= 0.6 is 0 Å². The summed E-state index contributed by atoms with van der Waals surface area (Å²) in [4.78, 5) is 0.285. The Labute approximate surface area is 122 Å². The summed E-state index contributed by atoms with van der Waals surface area (Å²) in [6, 6.07) is 6.09. The number of hydrogen-bond acceptors (Lipinski definition) is 4. The Morgan fingerprint density at radius 3 is 2.05 bits per heavy atom. The van der Waals surface area contributed by atoms with Crippen molar-refractivity contribution in [3.63, 3.8) is 0 Å². The van der Waals surface area contributed by atoms with E-state index < -0.39 is 15.9 Å². The Hall–Kier alpha value is -1.07. The Morgan fingerprint density at radius 2 is 1.65 bits per heavy atom. The van der Waals surface area contributed by atoms with Gasteiger partial charge in [-0.2, -0.15) is 0 Å². The van der Waals surface area contributed by atoms with Crippen LogP contribution < -0.4 is 10.5 Å². The molecule has 0 aliphatic heterocycles. The fraction of sp³-hybridized carbons (Fsp3) is 0.600. The molecular weight excluding hydrogens is 274 g/mol. The van der Waals surface area contributed by atoms with Gasteiger partial charge in [0.1, 0.15) is 5.75 Å². The highest BCUT2D eigenvalue weighted by Gasteiger charge is 2.27. The lowest BCUT2D eigenvalue weighted by Crippen LogP contribution is -2.41. The topological polar surface area (TPSA) is 69.4 Å². The van der Waals surface area contributed by atoms with Crippen molar-refractivity contribution >= 4 is 9.84 Å². The van der Waals surface area contributed by atoms with E-state index in [1.807, 2.05) is 34.6 Å². The van der Waals surface area contributed by atoms with Crippen LogP contribution in [0.15, 0.2) is 29.2 Å². The van der Waals surface area contributed by atoms with Crippen molar-refractivity contribution in [2.24, 2.45) is 11.1 Å². The molecule has 1 aromatic carbocycles. The molecule has 0 aliphatic carbocycles. The molecule has 4 nitrogen and oxygen atoms in total. The van der Waals surface area contributed by atoms with E-state index in [2.05, 4.69) is 0 Å². The van der Waals surface area contributed by atoms with E-state index in [0.717, 1.165) is 0 Å². The van der Waals surface area contributed by atoms with Gasteiger partial charge in [0.25, 0.3) is 0 Å². The molecule has 1 aromatic rings. The van der Waals surface area contributed by atoms with Gasteiger partial charge in [0.2, 0.25) is 0 Å². The quantitative estimate of drug-likeness (QED) is 0.907. The number of nitrogens with two attached hydrogens (primary N) is 1. The lowest BCUT2D eigenvalue weighted by molar-refractivity contribution is 0.242. The van der Waals surface area contributed by atoms with Crippen LogP contribution in [0.1, 0.15) is 34.6 Å². The zero-order valence-electron chi connectivity index (χ0n) is 12.9. The summed E-state index contributed by atoms with van der Waals surface area (Å²) < 4.78 is 30.1. The van der Waals surface area contributed by atoms with Gasteiger partial charge in [-0.05, 0) is 43.5 Å². The summed E-state index contributed by atoms with van der Waals surface area (Å²) in [6.07, 6.45) is 0.0618. The van der Waals surface area contributed by atoms with Crippen LogP contribution in [-0.2, 0) is 9.84 Å². The summed E-state index contributed by atoms with van der Waals surface area (Å²) in [5.74, 6) is 0.611. The molecule has 0 bridgehead atoms. The molecular formula is C15H25NO3S. The summed E-state index contributed by atoms with van der Waals surface area (Å²) in [5, 5.41) is 0. The van der Waals surface area contributed by atoms with Crippen LogP contribution in [-0.4, -0.2) is 26.3 Å². The van der Waals surface area contributed by atoms with Crippen molar-refractivity contribution in [3.05, 3.63) is 24.3 Å². The first-order valence-corrected chi connectivity index (χ1v) is 8.42. The van der Waals surface area contributed by atoms with Crippen molar-refractivity contribution in [2.45, 2.75) is 51.7 Å². The van der Waals surface area contributed by atoms with Gasteiger partial charge < -0.3 is 10.5 Å². The Kier molecular flexibility index (Phi) is 5.21. The van der Waals surface area contributed by atoms with E-state index in [1.54, 1.807) is 24.3 Å². The van der Waals surface area contributed by atoms with Crippen molar-refractivity contribution in [3.8, 4) is 5.75 Å². The minimum absolute atomic E-state index is 0.0547. The number of ether oxygens (including phenoxy) is 1. The molecule has 114 valence electrons. The molecule has 0 heterocycles. The Bertz CT molecular complexity index is 527. The molecule has 0 spiro atoms. The highest BCUT2D eigenvalue weighted by atomic mass is 32.2. The summed E-state index contributed by atoms with van der Waals surface area (Å²) >= 11 is 0. The van der Waals surface area contributed by atoms with Gasteiger partial charge in [-0.3, -0.25) is 0 Å². The molecule has 20 heavy (non-hydrogen) atoms. The molecule has 0 saturated carbocycles. The van der Waals surface area contributed by atoms with Gasteiger partial charge >= 0.3 is 0 Å². The molecule has 0 aromatic heterocycles. The standard InChI is InChI=1S/C15H25NO3S/c1-11(2)19-12-6-8-13(9-7-12)20(17,18)10-14(16)15(3,4)5/h6-9,11,14H,10,16H2,1-5H3. The molecule has 1 rings (SSSR count). The smallest absolute Gasteiger partial charge is 0.179 e. The lowest BCUT2D eigenvalue weighted by Gasteiger charge is -2.26. The van der Waals surface area contributed by atoms with Crippen LogP contribution in [0.2, 0.25) is 0 Å². The maximum atomic E-state index is 12.3. The second kappa shape index (κ2) is 6.14. The van der Waals surface area contributed by atoms with Crippen molar-refractivity contribution in [1.29, 1.82) is 0 Å². The van der Waals surface area contributed by atoms with Gasteiger partial charge in [0, 0.05) is 6.04 Å². The van der Waals surface area contributed by atoms with Gasteiger partial charge in [-0.1, -0.05) is 20.8 Å². The number of rotatable bonds is 5. The second-order valence-electron chi connectivity index (χ2n) is 6.39. The van der Waals surface area contributed by atoms with Gasteiger partial charge in [0.05, 0.1) is 16.8 Å². The first-order valence-electron chi connectivity index (χ1n) is 6.77. The molecule has 0 amide bonds. The highest BCUT2D eigenvalue weighted by Crippen LogP contribution is 2.23. The van der Waals surface area contributed by atoms with Gasteiger partial charge in [-0.25, -0.2) is 8.42 Å². The van der Waals surface area contributed by atoms with E-state index in [-0.39, 0.29) is 22.2 Å². The fourth-order valence-electron chi connectivity index (χ4n) is 1.58. The van der Waals surface area contributed by atoms with Gasteiger partial charge in [0.15, 0.2) is 9.84 Å². The van der Waals surface area contributed by atoms with Crippen molar-refractivity contribution in [2.75, 3.05) is 5.75 Å². The molecule has 0 fully saturated rings. The van der Waals surface area contributed by atoms with E-state index in [4.69, 9.17) is 10.5 Å². The Balaban J connectivity index is 2.88. The van der Waals surface area contributed by atoms with Gasteiger partial charge in [-0.15, -0.1) is 0 Å². The largest absolute Gasteiger partial charge is 0.491 e. The zero-order chi connectivity index (χ0) is 15.6. The minimum Gasteiger partial charge on any atom is -0.491 e. The second-order valence-corrected chi connectivity index (χ2v) is 8.43. The fourth-order valence-corrected chi connectivity index (χ4v) is 3.30. The van der Waals surface area contributed by atoms with E-state index in [0.29, 0.717) is 5.75 Å². The predicted molar refractivity (Wildman–Crippen MR) is 81.7 cm³/mol. The van der Waals surface area contributed by atoms with E-state index in [9.17, 15) is 8.42 Å². The Morgan fingerprint density at radius 1 is 1.15 bits per heavy atom. The molecule has 5 heteroatoms. The highest BCUT2D eigenvalue weighted by molar-refractivity contribution is 7.91. The number of sulfone groups is 1. The third-order valence-corrected chi connectivity index (χ3v) is 4.85. The summed E-state index contributed by atoms with van der Waals surface area (Å²) in [6.45, 7) is 9.66. The maximum absolute atomic E-state index is 12.3. The summed E-state index contributed by atoms with van der Waals surface area (Å²) in [7, 11) is -3.37. The van der Waals surface area contributed by atoms with Crippen molar-refractivity contribution < 1.29 is 13.2 Å². The molecule has 1 atom stereocenters. The van der Waals surface area contributed by atoms with Crippen LogP contribution in [0.5, 0.6) is 5.75 Å². The lowest BCUT2D eigenvalue weighted by atomic mass is 9.89. The molecule has 2 N–H and O–H groups in total. The molecule has 0 radical (unpaired) electrons. The third kappa shape index (κ3) is 4.80. The van der Waals surface area contributed by atoms with E-state index in [1.165, 1.54) is 0 Å². The number of benzene rings is 1. The van der Waals surface area contributed by atoms with Crippen LogP contribution in [0.4, 0.5) is 0 Å². The summed E-state index contributed by atoms with van der Waals surface area (Å²) in [5.41, 5.74) is 5.72. The van der Waals surface area contributed by atoms with Crippen molar-refractivity contribution in [1.82, 2.24) is 0 Å². The SMILES string of the molecule is CC(C)Oc1ccc(S(=O)(=O)CC(N)C(C)(C)C)cc1. The molecule has 0 saturated heterocycles. The first kappa shape index (κ1) is 17.0. The maximum Gasteiger partial charge on any atom is 0.179 e. The average molecular weight is 299 g/mol. The normalized spacial score (nSPS) is 14.3. The van der Waals surface area contributed by atoms with Crippen LogP contribution in [0, 0.1) is 5.41 Å². The monoisotopic (exact) mass is 299 g/mol. The predicted octanol–water partition coefficient (Wildman–Crippen LogP) is 2.62. The molecule has 0 aliphatic rings. The third-order valence-electron chi connectivity index (χ3n) is 3.07. The van der Waals surface area contributed by atoms with Crippen LogP contribution in [0.3, 0.4) is 0 Å².